The number of rotatable bonds is 3. The lowest BCUT2D eigenvalue weighted by Crippen LogP contribution is -2.37. The highest BCUT2D eigenvalue weighted by molar-refractivity contribution is 7.99. The van der Waals surface area contributed by atoms with Crippen molar-refractivity contribution < 1.29 is 4.79 Å². The molecule has 2 aromatic carbocycles. The summed E-state index contributed by atoms with van der Waals surface area (Å²) in [6.07, 6.45) is 1.59. The minimum atomic E-state index is -0.286. The lowest BCUT2D eigenvalue weighted by atomic mass is 10.1. The van der Waals surface area contributed by atoms with Gasteiger partial charge in [0.25, 0.3) is 5.56 Å². The molecule has 0 fully saturated rings. The summed E-state index contributed by atoms with van der Waals surface area (Å²) in [5.41, 5.74) is 4.48. The Balaban J connectivity index is 1.31. The van der Waals surface area contributed by atoms with Crippen molar-refractivity contribution in [2.45, 2.75) is 25.5 Å². The minimum Gasteiger partial charge on any atom is -0.326 e. The number of carbonyl (C=O) groups excluding carboxylic acids is 1. The molecular weight excluding hydrogens is 428 g/mol. The van der Waals surface area contributed by atoms with Gasteiger partial charge in [-0.3, -0.25) is 14.2 Å². The predicted octanol–water partition coefficient (Wildman–Crippen LogP) is 4.50. The van der Waals surface area contributed by atoms with Crippen LogP contribution in [-0.4, -0.2) is 26.2 Å². The number of amides is 1. The topological polar surface area (TPSA) is 76.9 Å². The van der Waals surface area contributed by atoms with Crippen molar-refractivity contribution in [2.75, 3.05) is 11.1 Å². The summed E-state index contributed by atoms with van der Waals surface area (Å²) < 4.78 is 2.77. The molecule has 3 heterocycles. The zero-order chi connectivity index (χ0) is 21.5. The maximum atomic E-state index is 12.8. The first kappa shape index (κ1) is 20.0. The second-order valence-electron chi connectivity index (χ2n) is 7.70. The highest BCUT2D eigenvalue weighted by Gasteiger charge is 2.27. The molecule has 0 spiro atoms. The third-order valence-corrected chi connectivity index (χ3v) is 7.53. The molecule has 8 heteroatoms. The fraction of sp³-hybridized carbons (Fsp3) is 0.217. The number of thioether (sulfide) groups is 1. The quantitative estimate of drug-likeness (QED) is 0.467. The molecule has 6 nitrogen and oxygen atoms in total. The summed E-state index contributed by atoms with van der Waals surface area (Å²) >= 11 is 3.11. The van der Waals surface area contributed by atoms with Crippen molar-refractivity contribution >= 4 is 44.9 Å². The van der Waals surface area contributed by atoms with Gasteiger partial charge in [-0.1, -0.05) is 17.8 Å². The molecule has 0 bridgehead atoms. The van der Waals surface area contributed by atoms with Crippen LogP contribution in [0.4, 0.5) is 5.69 Å². The molecule has 0 saturated heterocycles. The number of aryl methyl sites for hydroxylation is 2. The van der Waals surface area contributed by atoms with E-state index < -0.39 is 0 Å². The molecule has 2 aromatic heterocycles. The fourth-order valence-corrected chi connectivity index (χ4v) is 5.67. The zero-order valence-corrected chi connectivity index (χ0v) is 18.7. The Labute approximate surface area is 187 Å². The van der Waals surface area contributed by atoms with Crippen LogP contribution in [0.15, 0.2) is 58.6 Å². The number of anilines is 1. The number of hydrogen-bond acceptors (Lipinski definition) is 6. The first-order chi connectivity index (χ1) is 15.0. The number of carbonyl (C=O) groups is 1. The van der Waals surface area contributed by atoms with Crippen molar-refractivity contribution in [3.05, 3.63) is 70.1 Å². The summed E-state index contributed by atoms with van der Waals surface area (Å²) in [4.78, 5) is 34.2. The van der Waals surface area contributed by atoms with E-state index in [1.807, 2.05) is 30.3 Å². The molecule has 5 rings (SSSR count). The molecule has 31 heavy (non-hydrogen) atoms. The van der Waals surface area contributed by atoms with E-state index in [9.17, 15) is 9.59 Å². The van der Waals surface area contributed by atoms with Gasteiger partial charge in [-0.25, -0.2) is 9.97 Å². The average molecular weight is 449 g/mol. The standard InChI is InChI=1S/C23H20N4O2S2/c1-13-3-8-18-19(9-13)31-21(26-18)15-4-6-17(7-5-15)25-20(28)16-11-27-22(29)14(2)10-24-23(27)30-12-16/h3-10,16H,11-12H2,1-2H3,(H,25,28). The summed E-state index contributed by atoms with van der Waals surface area (Å²) in [7, 11) is 0. The van der Waals surface area contributed by atoms with E-state index in [0.717, 1.165) is 21.8 Å². The van der Waals surface area contributed by atoms with Gasteiger partial charge in [-0.15, -0.1) is 11.3 Å². The second-order valence-corrected chi connectivity index (χ2v) is 9.72. The molecule has 156 valence electrons. The van der Waals surface area contributed by atoms with Crippen LogP contribution < -0.4 is 10.9 Å². The largest absolute Gasteiger partial charge is 0.326 e. The molecule has 0 aliphatic carbocycles. The van der Waals surface area contributed by atoms with E-state index in [0.29, 0.717) is 23.0 Å². The highest BCUT2D eigenvalue weighted by Crippen LogP contribution is 2.31. The predicted molar refractivity (Wildman–Crippen MR) is 126 cm³/mol. The minimum absolute atomic E-state index is 0.0784. The molecule has 0 saturated carbocycles. The van der Waals surface area contributed by atoms with Crippen LogP contribution in [0.2, 0.25) is 0 Å². The van der Waals surface area contributed by atoms with Crippen molar-refractivity contribution in [3.63, 3.8) is 0 Å². The molecule has 1 N–H and O–H groups in total. The number of nitrogens with zero attached hydrogens (tertiary/aromatic N) is 3. The molecular formula is C23H20N4O2S2. The van der Waals surface area contributed by atoms with Gasteiger partial charge < -0.3 is 5.32 Å². The number of benzene rings is 2. The summed E-state index contributed by atoms with van der Waals surface area (Å²) in [6.45, 7) is 4.17. The zero-order valence-electron chi connectivity index (χ0n) is 17.1. The van der Waals surface area contributed by atoms with Gasteiger partial charge in [0, 0.05) is 35.3 Å². The van der Waals surface area contributed by atoms with Crippen molar-refractivity contribution in [2.24, 2.45) is 5.92 Å². The Morgan fingerprint density at radius 2 is 1.97 bits per heavy atom. The van der Waals surface area contributed by atoms with Gasteiger partial charge in [0.1, 0.15) is 5.01 Å². The number of hydrogen-bond donors (Lipinski definition) is 1. The number of fused-ring (bicyclic) bond motifs is 2. The Bertz CT molecular complexity index is 1360. The van der Waals surface area contributed by atoms with E-state index >= 15 is 0 Å². The summed E-state index contributed by atoms with van der Waals surface area (Å²) in [5.74, 6) is 0.227. The average Bonchev–Trinajstić information content (AvgIpc) is 3.20. The maximum Gasteiger partial charge on any atom is 0.257 e. The number of aromatic nitrogens is 3. The highest BCUT2D eigenvalue weighted by atomic mass is 32.2. The van der Waals surface area contributed by atoms with Crippen LogP contribution >= 0.6 is 23.1 Å². The molecule has 1 unspecified atom stereocenters. The van der Waals surface area contributed by atoms with Crippen LogP contribution in [0.1, 0.15) is 11.1 Å². The van der Waals surface area contributed by atoms with E-state index in [-0.39, 0.29) is 17.4 Å². The van der Waals surface area contributed by atoms with Crippen LogP contribution in [0, 0.1) is 19.8 Å². The van der Waals surface area contributed by atoms with Crippen molar-refractivity contribution in [1.82, 2.24) is 14.5 Å². The first-order valence-electron chi connectivity index (χ1n) is 9.96. The fourth-order valence-electron chi connectivity index (χ4n) is 3.56. The summed E-state index contributed by atoms with van der Waals surface area (Å²) in [6, 6.07) is 14.0. The molecule has 1 atom stereocenters. The lowest BCUT2D eigenvalue weighted by Gasteiger charge is -2.24. The van der Waals surface area contributed by atoms with Crippen molar-refractivity contribution in [3.8, 4) is 10.6 Å². The van der Waals surface area contributed by atoms with Crippen LogP contribution in [0.3, 0.4) is 0 Å². The van der Waals surface area contributed by atoms with E-state index in [1.54, 1.807) is 29.0 Å². The van der Waals surface area contributed by atoms with Crippen LogP contribution in [0.25, 0.3) is 20.8 Å². The summed E-state index contributed by atoms with van der Waals surface area (Å²) in [5, 5.41) is 4.62. The monoisotopic (exact) mass is 448 g/mol. The first-order valence-corrected chi connectivity index (χ1v) is 11.8. The molecule has 1 aliphatic heterocycles. The SMILES string of the molecule is Cc1ccc2nc(-c3ccc(NC(=O)C4CSc5ncc(C)c(=O)n5C4)cc3)sc2c1. The number of nitrogens with one attached hydrogen (secondary N) is 1. The van der Waals surface area contributed by atoms with Gasteiger partial charge >= 0.3 is 0 Å². The Hall–Kier alpha value is -2.97. The molecule has 0 radical (unpaired) electrons. The molecule has 4 aromatic rings. The van der Waals surface area contributed by atoms with E-state index in [2.05, 4.69) is 29.4 Å². The van der Waals surface area contributed by atoms with Gasteiger partial charge in [-0.2, -0.15) is 0 Å². The van der Waals surface area contributed by atoms with Crippen molar-refractivity contribution in [1.29, 1.82) is 0 Å². The van der Waals surface area contributed by atoms with Gasteiger partial charge in [-0.05, 0) is 55.8 Å². The second kappa shape index (κ2) is 7.94. The normalized spacial score (nSPS) is 15.6. The van der Waals surface area contributed by atoms with Crippen LogP contribution in [0.5, 0.6) is 0 Å². The van der Waals surface area contributed by atoms with Gasteiger partial charge in [0.2, 0.25) is 5.91 Å². The van der Waals surface area contributed by atoms with Crippen LogP contribution in [-0.2, 0) is 11.3 Å². The smallest absolute Gasteiger partial charge is 0.257 e. The molecule has 1 amide bonds. The number of thiazole rings is 1. The van der Waals surface area contributed by atoms with E-state index in [1.165, 1.54) is 22.0 Å². The van der Waals surface area contributed by atoms with Gasteiger partial charge in [0.05, 0.1) is 16.1 Å². The molecule has 1 aliphatic rings. The third kappa shape index (κ3) is 3.88. The lowest BCUT2D eigenvalue weighted by molar-refractivity contribution is -0.119. The Kier molecular flexibility index (Phi) is 5.11. The maximum absolute atomic E-state index is 12.8. The van der Waals surface area contributed by atoms with E-state index in [4.69, 9.17) is 4.98 Å². The van der Waals surface area contributed by atoms with Gasteiger partial charge in [0.15, 0.2) is 5.16 Å². The Morgan fingerprint density at radius 3 is 2.77 bits per heavy atom. The Morgan fingerprint density at radius 1 is 1.16 bits per heavy atom. The third-order valence-electron chi connectivity index (χ3n) is 5.31.